The third kappa shape index (κ3) is 3.94. The van der Waals surface area contributed by atoms with E-state index < -0.39 is 9.84 Å². The molecule has 0 radical (unpaired) electrons. The van der Waals surface area contributed by atoms with E-state index in [0.717, 1.165) is 12.8 Å². The molecule has 0 amide bonds. The second-order valence-corrected chi connectivity index (χ2v) is 7.07. The number of sulfone groups is 1. The summed E-state index contributed by atoms with van der Waals surface area (Å²) >= 11 is 0. The fourth-order valence-electron chi connectivity index (χ4n) is 1.81. The second-order valence-electron chi connectivity index (χ2n) is 4.82. The third-order valence-corrected chi connectivity index (χ3v) is 5.43. The molecule has 4 nitrogen and oxygen atoms in total. The number of anilines is 1. The van der Waals surface area contributed by atoms with Crippen LogP contribution in [-0.2, 0) is 9.84 Å². The summed E-state index contributed by atoms with van der Waals surface area (Å²) in [5.74, 6) is 0.0982. The largest absolute Gasteiger partial charge is 0.382 e. The molecule has 0 aromatic heterocycles. The van der Waals surface area contributed by atoms with Gasteiger partial charge in [-0.1, -0.05) is 32.9 Å². The molecule has 0 heterocycles. The highest BCUT2D eigenvalue weighted by Gasteiger charge is 2.22. The van der Waals surface area contributed by atoms with Gasteiger partial charge in [-0.3, -0.25) is 0 Å². The van der Waals surface area contributed by atoms with Gasteiger partial charge in [-0.05, 0) is 25.0 Å². The minimum atomic E-state index is -3.21. The summed E-state index contributed by atoms with van der Waals surface area (Å²) in [6.45, 7) is 6.30. The Morgan fingerprint density at radius 1 is 1.16 bits per heavy atom. The lowest BCUT2D eigenvalue weighted by Gasteiger charge is -2.28. The van der Waals surface area contributed by atoms with Gasteiger partial charge < -0.3 is 11.1 Å². The smallest absolute Gasteiger partial charge is 0.180 e. The molecule has 0 saturated carbocycles. The average molecular weight is 284 g/mol. The van der Waals surface area contributed by atoms with Crippen LogP contribution in [0.15, 0.2) is 29.2 Å². The number of hydrogen-bond acceptors (Lipinski definition) is 4. The van der Waals surface area contributed by atoms with E-state index in [2.05, 4.69) is 5.32 Å². The van der Waals surface area contributed by atoms with Crippen molar-refractivity contribution in [1.29, 1.82) is 0 Å². The van der Waals surface area contributed by atoms with Crippen LogP contribution >= 0.6 is 0 Å². The molecular formula is C14H24N2O2S. The minimum absolute atomic E-state index is 0.0982. The molecule has 3 N–H and O–H groups in total. The summed E-state index contributed by atoms with van der Waals surface area (Å²) in [6, 6.07) is 6.99. The molecule has 0 fully saturated rings. The normalized spacial score (nSPS) is 12.4. The van der Waals surface area contributed by atoms with Gasteiger partial charge in [0.25, 0.3) is 0 Å². The van der Waals surface area contributed by atoms with E-state index in [1.807, 2.05) is 19.9 Å². The molecule has 0 aliphatic carbocycles. The number of nitrogens with two attached hydrogens (primary N) is 1. The van der Waals surface area contributed by atoms with E-state index in [4.69, 9.17) is 5.73 Å². The van der Waals surface area contributed by atoms with Crippen LogP contribution in [0.5, 0.6) is 0 Å². The molecule has 0 atom stereocenters. The van der Waals surface area contributed by atoms with Crippen molar-refractivity contribution in [1.82, 2.24) is 0 Å². The van der Waals surface area contributed by atoms with Crippen LogP contribution in [0.4, 0.5) is 5.69 Å². The molecule has 1 aromatic rings. The monoisotopic (exact) mass is 284 g/mol. The van der Waals surface area contributed by atoms with Gasteiger partial charge in [-0.15, -0.1) is 0 Å². The first-order chi connectivity index (χ1) is 8.88. The van der Waals surface area contributed by atoms with Crippen molar-refractivity contribution in [3.05, 3.63) is 24.3 Å². The highest BCUT2D eigenvalue weighted by atomic mass is 32.2. The maximum atomic E-state index is 12.0. The van der Waals surface area contributed by atoms with Gasteiger partial charge in [0.2, 0.25) is 0 Å². The van der Waals surface area contributed by atoms with Crippen LogP contribution < -0.4 is 11.1 Å². The average Bonchev–Trinajstić information content (AvgIpc) is 2.45. The standard InChI is InChI=1S/C14H24N2O2S/c1-4-14(15,5-2)11-16-12-9-7-8-10-13(12)19(17,18)6-3/h7-10,16H,4-6,11,15H2,1-3H3. The van der Waals surface area contributed by atoms with Crippen LogP contribution in [0, 0.1) is 0 Å². The topological polar surface area (TPSA) is 72.2 Å². The number of hydrogen-bond donors (Lipinski definition) is 2. The zero-order valence-corrected chi connectivity index (χ0v) is 12.8. The minimum Gasteiger partial charge on any atom is -0.382 e. The van der Waals surface area contributed by atoms with Gasteiger partial charge in [0.1, 0.15) is 0 Å². The molecule has 0 unspecified atom stereocenters. The lowest BCUT2D eigenvalue weighted by Crippen LogP contribution is -2.45. The third-order valence-electron chi connectivity index (χ3n) is 3.64. The fourth-order valence-corrected chi connectivity index (χ4v) is 2.88. The summed E-state index contributed by atoms with van der Waals surface area (Å²) in [4.78, 5) is 0.354. The van der Waals surface area contributed by atoms with Crippen molar-refractivity contribution in [2.45, 2.75) is 44.0 Å². The van der Waals surface area contributed by atoms with Crippen LogP contribution in [0.25, 0.3) is 0 Å². The predicted molar refractivity (Wildman–Crippen MR) is 80.2 cm³/mol. The molecule has 5 heteroatoms. The highest BCUT2D eigenvalue weighted by Crippen LogP contribution is 2.23. The Hall–Kier alpha value is -1.07. The maximum Gasteiger partial charge on any atom is 0.180 e. The Morgan fingerprint density at radius 3 is 2.26 bits per heavy atom. The zero-order chi connectivity index (χ0) is 14.5. The van der Waals surface area contributed by atoms with E-state index in [9.17, 15) is 8.42 Å². The summed E-state index contributed by atoms with van der Waals surface area (Å²) in [5.41, 5.74) is 6.56. The first kappa shape index (κ1) is 16.0. The van der Waals surface area contributed by atoms with Gasteiger partial charge in [-0.2, -0.15) is 0 Å². The molecule has 0 aliphatic rings. The predicted octanol–water partition coefficient (Wildman–Crippen LogP) is 2.41. The Kier molecular flexibility index (Phi) is 5.38. The Balaban J connectivity index is 2.97. The van der Waals surface area contributed by atoms with E-state index in [-0.39, 0.29) is 11.3 Å². The van der Waals surface area contributed by atoms with E-state index in [0.29, 0.717) is 17.1 Å². The van der Waals surface area contributed by atoms with Crippen molar-refractivity contribution in [3.8, 4) is 0 Å². The van der Waals surface area contributed by atoms with Crippen LogP contribution in [0.1, 0.15) is 33.6 Å². The Morgan fingerprint density at radius 2 is 1.74 bits per heavy atom. The number of para-hydroxylation sites is 1. The van der Waals surface area contributed by atoms with Crippen LogP contribution in [-0.4, -0.2) is 26.3 Å². The van der Waals surface area contributed by atoms with Gasteiger partial charge in [-0.25, -0.2) is 8.42 Å². The summed E-state index contributed by atoms with van der Waals surface area (Å²) in [6.07, 6.45) is 1.69. The van der Waals surface area contributed by atoms with Gasteiger partial charge in [0, 0.05) is 12.1 Å². The lowest BCUT2D eigenvalue weighted by atomic mass is 9.94. The lowest BCUT2D eigenvalue weighted by molar-refractivity contribution is 0.418. The zero-order valence-electron chi connectivity index (χ0n) is 11.9. The first-order valence-corrected chi connectivity index (χ1v) is 8.38. The van der Waals surface area contributed by atoms with Crippen LogP contribution in [0.2, 0.25) is 0 Å². The van der Waals surface area contributed by atoms with Crippen molar-refractivity contribution < 1.29 is 8.42 Å². The molecule has 0 aliphatic heterocycles. The van der Waals surface area contributed by atoms with E-state index in [1.54, 1.807) is 25.1 Å². The van der Waals surface area contributed by atoms with Crippen molar-refractivity contribution in [3.63, 3.8) is 0 Å². The van der Waals surface area contributed by atoms with E-state index >= 15 is 0 Å². The SMILES string of the molecule is CCC(N)(CC)CNc1ccccc1S(=O)(=O)CC. The van der Waals surface area contributed by atoms with E-state index in [1.165, 1.54) is 0 Å². The Bertz CT molecular complexity index is 508. The maximum absolute atomic E-state index is 12.0. The Labute approximate surface area is 116 Å². The molecule has 1 aromatic carbocycles. The first-order valence-electron chi connectivity index (χ1n) is 6.73. The highest BCUT2D eigenvalue weighted by molar-refractivity contribution is 7.91. The summed E-state index contributed by atoms with van der Waals surface area (Å²) in [7, 11) is -3.21. The molecule has 1 rings (SSSR count). The molecule has 0 spiro atoms. The summed E-state index contributed by atoms with van der Waals surface area (Å²) in [5, 5.41) is 3.19. The quantitative estimate of drug-likeness (QED) is 0.806. The van der Waals surface area contributed by atoms with Crippen molar-refractivity contribution >= 4 is 15.5 Å². The molecule has 108 valence electrons. The number of nitrogens with one attached hydrogen (secondary N) is 1. The summed E-state index contributed by atoms with van der Waals surface area (Å²) < 4.78 is 24.0. The van der Waals surface area contributed by atoms with Crippen molar-refractivity contribution in [2.75, 3.05) is 17.6 Å². The van der Waals surface area contributed by atoms with Gasteiger partial charge in [0.15, 0.2) is 9.84 Å². The van der Waals surface area contributed by atoms with Gasteiger partial charge >= 0.3 is 0 Å². The molecule has 19 heavy (non-hydrogen) atoms. The van der Waals surface area contributed by atoms with Gasteiger partial charge in [0.05, 0.1) is 16.3 Å². The van der Waals surface area contributed by atoms with Crippen LogP contribution in [0.3, 0.4) is 0 Å². The molecule has 0 bridgehead atoms. The fraction of sp³-hybridized carbons (Fsp3) is 0.571. The molecular weight excluding hydrogens is 260 g/mol. The number of rotatable bonds is 7. The van der Waals surface area contributed by atoms with Crippen molar-refractivity contribution in [2.24, 2.45) is 5.73 Å². The second kappa shape index (κ2) is 6.39. The molecule has 0 saturated heterocycles. The number of benzene rings is 1.